The molecule has 0 saturated heterocycles. The maximum Gasteiger partial charge on any atom is 0.258 e. The monoisotopic (exact) mass is 377 g/mol. The largest absolute Gasteiger partial charge is 0.509 e. The molecular weight excluding hydrogens is 346 g/mol. The van der Waals surface area contributed by atoms with Crippen molar-refractivity contribution in [2.45, 2.75) is 52.2 Å². The van der Waals surface area contributed by atoms with Crippen LogP contribution in [0.3, 0.4) is 0 Å². The highest BCUT2D eigenvalue weighted by atomic mass is 16.5. The van der Waals surface area contributed by atoms with Gasteiger partial charge in [-0.2, -0.15) is 0 Å². The van der Waals surface area contributed by atoms with Gasteiger partial charge in [-0.1, -0.05) is 31.9 Å². The van der Waals surface area contributed by atoms with Crippen LogP contribution in [0.2, 0.25) is 0 Å². The Morgan fingerprint density at radius 2 is 2.11 bits per heavy atom. The molecular formula is C21H31NO5. The first kappa shape index (κ1) is 20.1. The van der Waals surface area contributed by atoms with Crippen LogP contribution >= 0.6 is 0 Å². The van der Waals surface area contributed by atoms with E-state index in [-0.39, 0.29) is 47.3 Å². The van der Waals surface area contributed by atoms with Crippen LogP contribution in [0.5, 0.6) is 0 Å². The molecule has 1 fully saturated rings. The molecule has 1 aliphatic heterocycles. The van der Waals surface area contributed by atoms with Crippen LogP contribution in [-0.2, 0) is 14.3 Å². The Morgan fingerprint density at radius 1 is 1.41 bits per heavy atom. The Hall–Kier alpha value is -1.66. The molecule has 0 aromatic carbocycles. The summed E-state index contributed by atoms with van der Waals surface area (Å²) in [5.74, 6) is -1.51. The molecule has 0 bridgehead atoms. The molecule has 3 aliphatic rings. The predicted molar refractivity (Wildman–Crippen MR) is 101 cm³/mol. The van der Waals surface area contributed by atoms with Gasteiger partial charge < -0.3 is 20.3 Å². The number of aliphatic hydroxyl groups excluding tert-OH is 2. The number of carbonyl (C=O) groups is 2. The van der Waals surface area contributed by atoms with Gasteiger partial charge in [-0.3, -0.25) is 9.59 Å². The Labute approximate surface area is 160 Å². The van der Waals surface area contributed by atoms with Crippen LogP contribution in [0.1, 0.15) is 40.0 Å². The summed E-state index contributed by atoms with van der Waals surface area (Å²) >= 11 is 0. The van der Waals surface area contributed by atoms with Crippen molar-refractivity contribution in [3.63, 3.8) is 0 Å². The van der Waals surface area contributed by atoms with Gasteiger partial charge in [0.05, 0.1) is 18.8 Å². The third kappa shape index (κ3) is 3.34. The van der Waals surface area contributed by atoms with E-state index in [1.165, 1.54) is 0 Å². The van der Waals surface area contributed by atoms with E-state index in [0.717, 1.165) is 24.8 Å². The number of amides is 1. The summed E-state index contributed by atoms with van der Waals surface area (Å²) in [6.07, 6.45) is 3.63. The van der Waals surface area contributed by atoms with Crippen molar-refractivity contribution < 1.29 is 24.5 Å². The number of hydrogen-bond acceptors (Lipinski definition) is 5. The Morgan fingerprint density at radius 3 is 2.67 bits per heavy atom. The zero-order valence-corrected chi connectivity index (χ0v) is 16.6. The van der Waals surface area contributed by atoms with Gasteiger partial charge in [0.2, 0.25) is 0 Å². The fraction of sp³-hybridized carbons (Fsp3) is 0.714. The number of carbonyl (C=O) groups excluding carboxylic acids is 2. The van der Waals surface area contributed by atoms with E-state index in [2.05, 4.69) is 25.2 Å². The van der Waals surface area contributed by atoms with E-state index in [1.807, 2.05) is 6.92 Å². The average Bonchev–Trinajstić information content (AvgIpc) is 2.96. The normalized spacial score (nSPS) is 39.1. The van der Waals surface area contributed by atoms with Crippen LogP contribution in [0.15, 0.2) is 23.0 Å². The molecule has 3 N–H and O–H groups in total. The summed E-state index contributed by atoms with van der Waals surface area (Å²) in [5, 5.41) is 23.4. The first-order valence-corrected chi connectivity index (χ1v) is 9.95. The third-order valence-corrected chi connectivity index (χ3v) is 6.70. The van der Waals surface area contributed by atoms with E-state index in [4.69, 9.17) is 4.74 Å². The van der Waals surface area contributed by atoms with E-state index in [9.17, 15) is 19.8 Å². The SMILES string of the molecule is CCC[C@@H]1C(C)=C[C@@H]2C[C@H](C)C(O)[C@H](OC)[C@@H]2C1C(=O)C1=C(O)CNC1=O. The summed E-state index contributed by atoms with van der Waals surface area (Å²) in [5.41, 5.74) is 1.05. The van der Waals surface area contributed by atoms with Crippen molar-refractivity contribution in [1.29, 1.82) is 0 Å². The van der Waals surface area contributed by atoms with E-state index in [0.29, 0.717) is 0 Å². The van der Waals surface area contributed by atoms with Crippen LogP contribution in [-0.4, -0.2) is 47.8 Å². The number of fused-ring (bicyclic) bond motifs is 1. The number of Topliss-reactive ketones (excluding diaryl/α,β-unsaturated/α-hetero) is 1. The lowest BCUT2D eigenvalue weighted by Crippen LogP contribution is -2.55. The van der Waals surface area contributed by atoms with Crippen LogP contribution in [0.4, 0.5) is 0 Å². The third-order valence-electron chi connectivity index (χ3n) is 6.70. The topological polar surface area (TPSA) is 95.9 Å². The molecule has 7 atom stereocenters. The van der Waals surface area contributed by atoms with Crippen molar-refractivity contribution in [3.05, 3.63) is 23.0 Å². The zero-order valence-electron chi connectivity index (χ0n) is 16.6. The summed E-state index contributed by atoms with van der Waals surface area (Å²) in [4.78, 5) is 25.7. The lowest BCUT2D eigenvalue weighted by Gasteiger charge is -2.50. The summed E-state index contributed by atoms with van der Waals surface area (Å²) in [6.45, 7) is 6.13. The Bertz CT molecular complexity index is 682. The summed E-state index contributed by atoms with van der Waals surface area (Å²) < 4.78 is 5.69. The van der Waals surface area contributed by atoms with Crippen molar-refractivity contribution in [2.75, 3.05) is 13.7 Å². The van der Waals surface area contributed by atoms with Gasteiger partial charge in [-0.15, -0.1) is 0 Å². The molecule has 150 valence electrons. The quantitative estimate of drug-likeness (QED) is 0.504. The van der Waals surface area contributed by atoms with Crippen molar-refractivity contribution in [3.8, 4) is 0 Å². The number of ketones is 1. The lowest BCUT2D eigenvalue weighted by atomic mass is 9.56. The molecule has 0 radical (unpaired) electrons. The van der Waals surface area contributed by atoms with E-state index >= 15 is 0 Å². The number of ether oxygens (including phenoxy) is 1. The molecule has 0 aromatic heterocycles. The second-order valence-electron chi connectivity index (χ2n) is 8.35. The maximum atomic E-state index is 13.5. The minimum absolute atomic E-state index is 0.00134. The Kier molecular flexibility index (Phi) is 5.77. The van der Waals surface area contributed by atoms with Gasteiger partial charge in [0.1, 0.15) is 11.3 Å². The van der Waals surface area contributed by atoms with Gasteiger partial charge in [0.25, 0.3) is 5.91 Å². The molecule has 0 aromatic rings. The number of aliphatic hydroxyl groups is 2. The smallest absolute Gasteiger partial charge is 0.258 e. The van der Waals surface area contributed by atoms with E-state index < -0.39 is 24.0 Å². The number of rotatable bonds is 5. The molecule has 2 aliphatic carbocycles. The molecule has 1 amide bonds. The molecule has 6 heteroatoms. The molecule has 27 heavy (non-hydrogen) atoms. The molecule has 1 saturated carbocycles. The van der Waals surface area contributed by atoms with Crippen molar-refractivity contribution >= 4 is 11.7 Å². The minimum atomic E-state index is -0.652. The zero-order chi connectivity index (χ0) is 19.9. The summed E-state index contributed by atoms with van der Waals surface area (Å²) in [6, 6.07) is 0. The van der Waals surface area contributed by atoms with Gasteiger partial charge in [-0.25, -0.2) is 0 Å². The van der Waals surface area contributed by atoms with Crippen LogP contribution in [0, 0.1) is 29.6 Å². The fourth-order valence-corrected chi connectivity index (χ4v) is 5.45. The molecule has 6 nitrogen and oxygen atoms in total. The fourth-order valence-electron chi connectivity index (χ4n) is 5.45. The highest BCUT2D eigenvalue weighted by Gasteiger charge is 2.53. The second-order valence-corrected chi connectivity index (χ2v) is 8.35. The van der Waals surface area contributed by atoms with Gasteiger partial charge in [0, 0.05) is 18.9 Å². The standard InChI is InChI=1S/C21H31NO5/c1-5-6-13-10(2)7-12-8-11(3)18(24)20(27-4)15(12)16(13)19(25)17-14(23)9-22-21(17)26/h7,11-13,15-16,18,20,23-24H,5-6,8-9H2,1-4H3,(H,22,26)/t11-,12+,13+,15-,16?,18?,20+/m0/s1. The van der Waals surface area contributed by atoms with Crippen LogP contribution < -0.4 is 5.32 Å². The number of allylic oxidation sites excluding steroid dienone is 2. The molecule has 1 heterocycles. The van der Waals surface area contributed by atoms with Crippen molar-refractivity contribution in [1.82, 2.24) is 5.32 Å². The summed E-state index contributed by atoms with van der Waals surface area (Å²) in [7, 11) is 1.57. The predicted octanol–water partition coefficient (Wildman–Crippen LogP) is 2.14. The number of nitrogens with one attached hydrogen (secondary N) is 1. The van der Waals surface area contributed by atoms with Crippen LogP contribution in [0.25, 0.3) is 0 Å². The first-order chi connectivity index (χ1) is 12.8. The molecule has 2 unspecified atom stereocenters. The molecule has 0 spiro atoms. The van der Waals surface area contributed by atoms with Gasteiger partial charge in [-0.05, 0) is 37.5 Å². The lowest BCUT2D eigenvalue weighted by molar-refractivity contribution is -0.146. The first-order valence-electron chi connectivity index (χ1n) is 9.95. The highest BCUT2D eigenvalue weighted by molar-refractivity contribution is 6.22. The highest BCUT2D eigenvalue weighted by Crippen LogP contribution is 2.50. The molecule has 3 rings (SSSR count). The number of methoxy groups -OCH3 is 1. The second kappa shape index (κ2) is 7.76. The minimum Gasteiger partial charge on any atom is -0.509 e. The van der Waals surface area contributed by atoms with E-state index in [1.54, 1.807) is 7.11 Å². The Balaban J connectivity index is 2.08. The number of hydrogen-bond donors (Lipinski definition) is 3. The van der Waals surface area contributed by atoms with Gasteiger partial charge >= 0.3 is 0 Å². The van der Waals surface area contributed by atoms with Gasteiger partial charge in [0.15, 0.2) is 5.78 Å². The van der Waals surface area contributed by atoms with Crippen molar-refractivity contribution in [2.24, 2.45) is 29.6 Å². The maximum absolute atomic E-state index is 13.5. The average molecular weight is 377 g/mol.